The van der Waals surface area contributed by atoms with E-state index in [2.05, 4.69) is 65.5 Å². The molecular formula is C16H44O5Si7. The average Bonchev–Trinajstić information content (AvgIpc) is 2.49. The van der Waals surface area contributed by atoms with Crippen LogP contribution in [0.1, 0.15) is 19.3 Å². The molecule has 0 rings (SSSR count). The van der Waals surface area contributed by atoms with Crippen molar-refractivity contribution in [1.29, 1.82) is 0 Å². The van der Waals surface area contributed by atoms with E-state index in [1.807, 2.05) is 0 Å². The summed E-state index contributed by atoms with van der Waals surface area (Å²) in [6, 6.07) is 1.23. The van der Waals surface area contributed by atoms with Gasteiger partial charge in [0.2, 0.25) is 0 Å². The lowest BCUT2D eigenvalue weighted by Crippen LogP contribution is -2.62. The van der Waals surface area contributed by atoms with Crippen molar-refractivity contribution >= 4 is 65.4 Å². The lowest BCUT2D eigenvalue weighted by atomic mass is 10.1. The predicted molar refractivity (Wildman–Crippen MR) is 140 cm³/mol. The van der Waals surface area contributed by atoms with Crippen molar-refractivity contribution in [1.82, 2.24) is 0 Å². The van der Waals surface area contributed by atoms with Crippen LogP contribution in [0.25, 0.3) is 0 Å². The Hall–Kier alpha value is 0.608. The molecule has 0 aliphatic rings. The zero-order valence-corrected chi connectivity index (χ0v) is 28.0. The minimum Gasteiger partial charge on any atom is -0.478 e. The smallest absolute Gasteiger partial charge is 0.330 e. The van der Waals surface area contributed by atoms with E-state index in [4.69, 9.17) is 17.5 Å². The molecule has 0 saturated carbocycles. The standard InChI is InChI=1S/C16H44O5Si7/c1-15(16(17)18)13-11-12-14-28(22-19-25(2,3)4,23-20-26(5,6)7)24-21-27(8,9)10/h1,11-14,22-24H2,2-10H3,(H,17,18). The van der Waals surface area contributed by atoms with Crippen molar-refractivity contribution in [2.75, 3.05) is 0 Å². The van der Waals surface area contributed by atoms with Gasteiger partial charge in [-0.3, -0.25) is 0 Å². The maximum Gasteiger partial charge on any atom is 0.330 e. The molecule has 0 aliphatic carbocycles. The van der Waals surface area contributed by atoms with Gasteiger partial charge in [0.1, 0.15) is 34.5 Å². The fourth-order valence-electron chi connectivity index (χ4n) is 2.40. The van der Waals surface area contributed by atoms with Crippen molar-refractivity contribution in [3.63, 3.8) is 0 Å². The summed E-state index contributed by atoms with van der Waals surface area (Å²) in [5, 5.41) is 9.05. The van der Waals surface area contributed by atoms with Crippen LogP contribution in [0.2, 0.25) is 65.0 Å². The number of carboxylic acid groups (broad SMARTS) is 1. The first-order valence-corrected chi connectivity index (χ1v) is 31.4. The Labute approximate surface area is 183 Å². The highest BCUT2D eigenvalue weighted by Gasteiger charge is 2.40. The minimum absolute atomic E-state index is 0.328. The lowest BCUT2D eigenvalue weighted by molar-refractivity contribution is -0.132. The number of unbranched alkanes of at least 4 members (excludes halogenated alkanes) is 1. The maximum absolute atomic E-state index is 11.0. The van der Waals surface area contributed by atoms with Gasteiger partial charge in [0.15, 0.2) is 25.0 Å². The molecule has 28 heavy (non-hydrogen) atoms. The summed E-state index contributed by atoms with van der Waals surface area (Å²) >= 11 is 0. The molecule has 0 saturated heterocycles. The molecule has 0 unspecified atom stereocenters. The summed E-state index contributed by atoms with van der Waals surface area (Å²) in [7, 11) is -6.43. The Morgan fingerprint density at radius 1 is 0.786 bits per heavy atom. The number of carbonyl (C=O) groups is 1. The van der Waals surface area contributed by atoms with Gasteiger partial charge < -0.3 is 17.5 Å². The zero-order chi connectivity index (χ0) is 22.2. The van der Waals surface area contributed by atoms with Crippen LogP contribution in [0.5, 0.6) is 0 Å². The maximum atomic E-state index is 11.0. The molecule has 0 spiro atoms. The van der Waals surface area contributed by atoms with Crippen molar-refractivity contribution in [3.8, 4) is 0 Å². The highest BCUT2D eigenvalue weighted by atomic mass is 29.9. The average molecular weight is 513 g/mol. The van der Waals surface area contributed by atoms with Crippen LogP contribution in [-0.2, 0) is 17.1 Å². The van der Waals surface area contributed by atoms with Gasteiger partial charge >= 0.3 is 5.97 Å². The van der Waals surface area contributed by atoms with Crippen LogP contribution in [0.3, 0.4) is 0 Å². The van der Waals surface area contributed by atoms with Gasteiger partial charge in [0.05, 0.1) is 0 Å². The molecule has 1 N–H and O–H groups in total. The van der Waals surface area contributed by atoms with Gasteiger partial charge in [-0.15, -0.1) is 0 Å². The second-order valence-electron chi connectivity index (χ2n) is 10.8. The van der Waals surface area contributed by atoms with Crippen LogP contribution in [-0.4, -0.2) is 70.5 Å². The third kappa shape index (κ3) is 15.4. The molecule has 5 nitrogen and oxygen atoms in total. The van der Waals surface area contributed by atoms with Gasteiger partial charge in [-0.2, -0.15) is 0 Å². The topological polar surface area (TPSA) is 65.0 Å². The monoisotopic (exact) mass is 512 g/mol. The predicted octanol–water partition coefficient (Wildman–Crippen LogP) is 2.54. The fraction of sp³-hybridized carbons (Fsp3) is 0.812. The molecule has 0 atom stereocenters. The van der Waals surface area contributed by atoms with Crippen LogP contribution in [0, 0.1) is 0 Å². The van der Waals surface area contributed by atoms with E-state index in [9.17, 15) is 4.79 Å². The first-order valence-electron chi connectivity index (χ1n) is 10.3. The van der Waals surface area contributed by atoms with Gasteiger partial charge in [0.25, 0.3) is 0 Å². The molecule has 0 fully saturated rings. The first kappa shape index (κ1) is 28.6. The Bertz CT molecular complexity index is 463. The summed E-state index contributed by atoms with van der Waals surface area (Å²) in [6.07, 6.45) is 2.57. The van der Waals surface area contributed by atoms with E-state index in [-0.39, 0.29) is 0 Å². The molecule has 0 aliphatic heterocycles. The molecule has 0 bridgehead atoms. The van der Waals surface area contributed by atoms with Gasteiger partial charge in [-0.25, -0.2) is 4.79 Å². The summed E-state index contributed by atoms with van der Waals surface area (Å²) in [5.41, 5.74) is 0.328. The first-order chi connectivity index (χ1) is 12.4. The molecule has 0 aromatic heterocycles. The number of rotatable bonds is 15. The lowest BCUT2D eigenvalue weighted by Gasteiger charge is -2.36. The summed E-state index contributed by atoms with van der Waals surface area (Å²) in [6.45, 7) is 22.7. The third-order valence-corrected chi connectivity index (χ3v) is 43.2. The normalized spacial score (nSPS) is 16.6. The molecule has 12 heteroatoms. The van der Waals surface area contributed by atoms with Crippen molar-refractivity contribution < 1.29 is 22.2 Å². The molecule has 0 amide bonds. The number of hydrogen-bond acceptors (Lipinski definition) is 4. The van der Waals surface area contributed by atoms with E-state index in [1.165, 1.54) is 6.04 Å². The van der Waals surface area contributed by atoms with Crippen LogP contribution in [0.4, 0.5) is 0 Å². The summed E-state index contributed by atoms with van der Waals surface area (Å²) in [5.74, 6) is -0.868. The largest absolute Gasteiger partial charge is 0.478 e. The highest BCUT2D eigenvalue weighted by Crippen LogP contribution is 2.20. The van der Waals surface area contributed by atoms with E-state index >= 15 is 0 Å². The summed E-state index contributed by atoms with van der Waals surface area (Å²) < 4.78 is 19.8. The van der Waals surface area contributed by atoms with Crippen molar-refractivity contribution in [2.45, 2.75) is 84.2 Å². The SMILES string of the molecule is C=C(CCCC[Si]([SiH2]O[Si](C)(C)C)([SiH2]O[Si](C)(C)C)[SiH2]O[Si](C)(C)C)C(=O)O. The second-order valence-corrected chi connectivity index (χ2v) is 56.4. The Morgan fingerprint density at radius 3 is 1.43 bits per heavy atom. The molecular weight excluding hydrogens is 469 g/mol. The third-order valence-electron chi connectivity index (χ3n) is 4.17. The van der Waals surface area contributed by atoms with E-state index in [1.54, 1.807) is 0 Å². The van der Waals surface area contributed by atoms with Gasteiger partial charge in [0, 0.05) is 5.57 Å². The van der Waals surface area contributed by atoms with Crippen LogP contribution >= 0.6 is 0 Å². The van der Waals surface area contributed by atoms with Gasteiger partial charge in [-0.1, -0.05) is 19.0 Å². The van der Waals surface area contributed by atoms with Crippen molar-refractivity contribution in [3.05, 3.63) is 12.2 Å². The van der Waals surface area contributed by atoms with Crippen LogP contribution in [0.15, 0.2) is 12.2 Å². The van der Waals surface area contributed by atoms with Crippen molar-refractivity contribution in [2.24, 2.45) is 0 Å². The fourth-order valence-corrected chi connectivity index (χ4v) is 56.0. The second kappa shape index (κ2) is 11.9. The number of carboxylic acids is 1. The molecule has 166 valence electrons. The highest BCUT2D eigenvalue weighted by molar-refractivity contribution is 7.68. The number of hydrogen-bond donors (Lipinski definition) is 1. The molecule has 0 radical (unpaired) electrons. The van der Waals surface area contributed by atoms with E-state index in [0.717, 1.165) is 12.8 Å². The Morgan fingerprint density at radius 2 is 1.14 bits per heavy atom. The van der Waals surface area contributed by atoms with E-state index in [0.29, 0.717) is 12.0 Å². The minimum atomic E-state index is -1.55. The molecule has 0 heterocycles. The molecule has 0 aromatic carbocycles. The van der Waals surface area contributed by atoms with Gasteiger partial charge in [-0.05, 0) is 71.8 Å². The number of aliphatic carboxylic acids is 1. The zero-order valence-electron chi connectivity index (χ0n) is 19.7. The van der Waals surface area contributed by atoms with Crippen LogP contribution < -0.4 is 0 Å². The Kier molecular flexibility index (Phi) is 12.1. The quantitative estimate of drug-likeness (QED) is 0.207. The van der Waals surface area contributed by atoms with E-state index < -0.39 is 65.4 Å². The Balaban J connectivity index is 5.28. The molecule has 0 aromatic rings. The summed E-state index contributed by atoms with van der Waals surface area (Å²) in [4.78, 5) is 11.0.